The number of halogens is 3. The van der Waals surface area contributed by atoms with E-state index >= 15 is 0 Å². The van der Waals surface area contributed by atoms with Crippen molar-refractivity contribution in [1.82, 2.24) is 0 Å². The standard InChI is InChI=1S/C17H10BrCl2NO3/c1-7(19)17(24)21-14-11(20)6-10-12(13(14)18)16(23)9-5-3-2-4-8(9)15(10)22/h2-7H,1H3,(H,21,24). The van der Waals surface area contributed by atoms with Crippen LogP contribution in [0.15, 0.2) is 34.8 Å². The van der Waals surface area contributed by atoms with Crippen molar-refractivity contribution >= 4 is 62.3 Å². The zero-order valence-electron chi connectivity index (χ0n) is 12.3. The number of hydrogen-bond acceptors (Lipinski definition) is 3. The van der Waals surface area contributed by atoms with Gasteiger partial charge in [0.15, 0.2) is 11.6 Å². The van der Waals surface area contributed by atoms with E-state index in [2.05, 4.69) is 21.2 Å². The van der Waals surface area contributed by atoms with Crippen LogP contribution in [0.2, 0.25) is 5.02 Å². The molecule has 0 aromatic heterocycles. The monoisotopic (exact) mass is 425 g/mol. The Balaban J connectivity index is 2.20. The lowest BCUT2D eigenvalue weighted by molar-refractivity contribution is -0.115. The van der Waals surface area contributed by atoms with Gasteiger partial charge in [-0.15, -0.1) is 11.6 Å². The Morgan fingerprint density at radius 2 is 1.71 bits per heavy atom. The van der Waals surface area contributed by atoms with Crippen LogP contribution in [0.1, 0.15) is 38.8 Å². The number of nitrogens with one attached hydrogen (secondary N) is 1. The molecule has 122 valence electrons. The summed E-state index contributed by atoms with van der Waals surface area (Å²) in [6, 6.07) is 7.98. The number of benzene rings is 2. The van der Waals surface area contributed by atoms with E-state index in [4.69, 9.17) is 23.2 Å². The molecule has 7 heteroatoms. The van der Waals surface area contributed by atoms with Crippen LogP contribution in [0.3, 0.4) is 0 Å². The van der Waals surface area contributed by atoms with E-state index in [0.29, 0.717) is 11.1 Å². The summed E-state index contributed by atoms with van der Waals surface area (Å²) >= 11 is 15.3. The van der Waals surface area contributed by atoms with E-state index in [1.807, 2.05) is 0 Å². The largest absolute Gasteiger partial charge is 0.323 e. The summed E-state index contributed by atoms with van der Waals surface area (Å²) in [6.45, 7) is 1.52. The first kappa shape index (κ1) is 17.1. The second-order valence-electron chi connectivity index (χ2n) is 5.28. The lowest BCUT2D eigenvalue weighted by Gasteiger charge is -2.21. The van der Waals surface area contributed by atoms with Gasteiger partial charge in [0.25, 0.3) is 0 Å². The second-order valence-corrected chi connectivity index (χ2v) is 7.13. The zero-order chi connectivity index (χ0) is 17.6. The highest BCUT2D eigenvalue weighted by molar-refractivity contribution is 9.10. The van der Waals surface area contributed by atoms with Gasteiger partial charge >= 0.3 is 0 Å². The summed E-state index contributed by atoms with van der Waals surface area (Å²) in [5.74, 6) is -1.06. The fourth-order valence-corrected chi connectivity index (χ4v) is 3.64. The average molecular weight is 427 g/mol. The highest BCUT2D eigenvalue weighted by atomic mass is 79.9. The SMILES string of the molecule is CC(Cl)C(=O)Nc1c(Cl)cc2c(c1Br)C(=O)c1ccccc1C2=O. The molecule has 3 rings (SSSR count). The molecule has 1 aliphatic carbocycles. The third-order valence-electron chi connectivity index (χ3n) is 3.72. The zero-order valence-corrected chi connectivity index (χ0v) is 15.4. The smallest absolute Gasteiger partial charge is 0.242 e. The fraction of sp³-hybridized carbons (Fsp3) is 0.118. The topological polar surface area (TPSA) is 63.2 Å². The Morgan fingerprint density at radius 1 is 1.12 bits per heavy atom. The minimum atomic E-state index is -0.776. The molecular weight excluding hydrogens is 417 g/mol. The Labute approximate surface area is 156 Å². The predicted octanol–water partition coefficient (Wildman–Crippen LogP) is 4.44. The van der Waals surface area contributed by atoms with Crippen LogP contribution in [0.25, 0.3) is 0 Å². The Kier molecular flexibility index (Phi) is 4.51. The molecule has 0 heterocycles. The molecule has 0 aliphatic heterocycles. The van der Waals surface area contributed by atoms with Crippen LogP contribution in [0, 0.1) is 0 Å². The highest BCUT2D eigenvalue weighted by Gasteiger charge is 2.33. The van der Waals surface area contributed by atoms with Gasteiger partial charge in [-0.2, -0.15) is 0 Å². The molecule has 1 unspecified atom stereocenters. The molecule has 2 aromatic carbocycles. The molecule has 0 saturated carbocycles. The number of carbonyl (C=O) groups is 3. The molecule has 2 aromatic rings. The van der Waals surface area contributed by atoms with E-state index < -0.39 is 11.3 Å². The van der Waals surface area contributed by atoms with Gasteiger partial charge in [0.05, 0.1) is 20.7 Å². The van der Waals surface area contributed by atoms with Crippen LogP contribution < -0.4 is 5.32 Å². The molecule has 1 aliphatic rings. The predicted molar refractivity (Wildman–Crippen MR) is 96.4 cm³/mol. The molecule has 1 atom stereocenters. The van der Waals surface area contributed by atoms with Crippen LogP contribution in [-0.2, 0) is 4.79 Å². The molecule has 0 radical (unpaired) electrons. The first-order chi connectivity index (χ1) is 11.3. The number of anilines is 1. The summed E-state index contributed by atoms with van der Waals surface area (Å²) in [6.07, 6.45) is 0. The molecule has 0 spiro atoms. The maximum absolute atomic E-state index is 12.8. The van der Waals surface area contributed by atoms with E-state index in [1.54, 1.807) is 24.3 Å². The van der Waals surface area contributed by atoms with E-state index in [1.165, 1.54) is 13.0 Å². The normalized spacial score (nSPS) is 14.0. The van der Waals surface area contributed by atoms with Gasteiger partial charge < -0.3 is 5.32 Å². The summed E-state index contributed by atoms with van der Waals surface area (Å²) < 4.78 is 0.267. The number of amides is 1. The summed E-state index contributed by atoms with van der Waals surface area (Å²) in [5, 5.41) is 1.94. The van der Waals surface area contributed by atoms with Gasteiger partial charge in [0.2, 0.25) is 5.91 Å². The summed E-state index contributed by atoms with van der Waals surface area (Å²) in [4.78, 5) is 37.3. The van der Waals surface area contributed by atoms with E-state index in [-0.39, 0.29) is 37.9 Å². The molecule has 0 fully saturated rings. The van der Waals surface area contributed by atoms with Gasteiger partial charge in [-0.3, -0.25) is 14.4 Å². The number of hydrogen-bond donors (Lipinski definition) is 1. The Hall–Kier alpha value is -1.69. The van der Waals surface area contributed by atoms with Crippen molar-refractivity contribution in [2.45, 2.75) is 12.3 Å². The van der Waals surface area contributed by atoms with Crippen molar-refractivity contribution < 1.29 is 14.4 Å². The Morgan fingerprint density at radius 3 is 2.29 bits per heavy atom. The second kappa shape index (κ2) is 6.31. The van der Waals surface area contributed by atoms with Gasteiger partial charge in [-0.1, -0.05) is 35.9 Å². The van der Waals surface area contributed by atoms with Crippen LogP contribution >= 0.6 is 39.1 Å². The van der Waals surface area contributed by atoms with Crippen molar-refractivity contribution in [3.05, 3.63) is 62.1 Å². The molecule has 0 bridgehead atoms. The van der Waals surface area contributed by atoms with Crippen LogP contribution in [-0.4, -0.2) is 22.9 Å². The third-order valence-corrected chi connectivity index (χ3v) is 5.00. The fourth-order valence-electron chi connectivity index (χ4n) is 2.52. The maximum Gasteiger partial charge on any atom is 0.242 e. The number of rotatable bonds is 2. The van der Waals surface area contributed by atoms with Gasteiger partial charge in [-0.05, 0) is 28.9 Å². The number of ketones is 2. The van der Waals surface area contributed by atoms with Gasteiger partial charge in [0, 0.05) is 16.7 Å². The number of alkyl halides is 1. The van der Waals surface area contributed by atoms with Crippen molar-refractivity contribution in [1.29, 1.82) is 0 Å². The number of carbonyl (C=O) groups excluding carboxylic acids is 3. The summed E-state index contributed by atoms with van der Waals surface area (Å²) in [7, 11) is 0. The molecular formula is C17H10BrCl2NO3. The molecule has 1 amide bonds. The quantitative estimate of drug-likeness (QED) is 0.616. The van der Waals surface area contributed by atoms with Crippen molar-refractivity contribution in [2.24, 2.45) is 0 Å². The molecule has 1 N–H and O–H groups in total. The number of fused-ring (bicyclic) bond motifs is 2. The minimum Gasteiger partial charge on any atom is -0.323 e. The molecule has 0 saturated heterocycles. The molecule has 24 heavy (non-hydrogen) atoms. The van der Waals surface area contributed by atoms with Crippen LogP contribution in [0.5, 0.6) is 0 Å². The van der Waals surface area contributed by atoms with Crippen molar-refractivity contribution in [2.75, 3.05) is 5.32 Å². The van der Waals surface area contributed by atoms with E-state index in [9.17, 15) is 14.4 Å². The van der Waals surface area contributed by atoms with Crippen molar-refractivity contribution in [3.63, 3.8) is 0 Å². The lowest BCUT2D eigenvalue weighted by atomic mass is 9.84. The average Bonchev–Trinajstić information content (AvgIpc) is 2.55. The first-order valence-corrected chi connectivity index (χ1v) is 8.59. The third kappa shape index (κ3) is 2.66. The van der Waals surface area contributed by atoms with E-state index in [0.717, 1.165) is 0 Å². The lowest BCUT2D eigenvalue weighted by Crippen LogP contribution is -2.24. The van der Waals surface area contributed by atoms with Crippen LogP contribution in [0.4, 0.5) is 5.69 Å². The summed E-state index contributed by atoms with van der Waals surface area (Å²) in [5.41, 5.74) is 1.26. The highest BCUT2D eigenvalue weighted by Crippen LogP contribution is 2.40. The minimum absolute atomic E-state index is 0.145. The van der Waals surface area contributed by atoms with Gasteiger partial charge in [-0.25, -0.2) is 0 Å². The molecule has 4 nitrogen and oxygen atoms in total. The van der Waals surface area contributed by atoms with Crippen molar-refractivity contribution in [3.8, 4) is 0 Å². The Bertz CT molecular complexity index is 909. The maximum atomic E-state index is 12.8. The van der Waals surface area contributed by atoms with Gasteiger partial charge in [0.1, 0.15) is 5.38 Å². The first-order valence-electron chi connectivity index (χ1n) is 6.98.